The summed E-state index contributed by atoms with van der Waals surface area (Å²) in [5, 5.41) is 15.2. The average molecular weight is 376 g/mol. The number of Topliss-reactive ketones (excluding diaryl/α,β-unsaturated/α-hetero) is 1. The van der Waals surface area contributed by atoms with Crippen LogP contribution in [0.15, 0.2) is 35.7 Å². The van der Waals surface area contributed by atoms with Gasteiger partial charge in [0.25, 0.3) is 0 Å². The van der Waals surface area contributed by atoms with Crippen LogP contribution in [0.5, 0.6) is 5.75 Å². The van der Waals surface area contributed by atoms with Crippen LogP contribution >= 0.6 is 11.3 Å². The molecule has 0 fully saturated rings. The van der Waals surface area contributed by atoms with Gasteiger partial charge in [-0.25, -0.2) is 0 Å². The van der Waals surface area contributed by atoms with Crippen molar-refractivity contribution in [2.45, 2.75) is 39.7 Å². The molecule has 142 valence electrons. The van der Waals surface area contributed by atoms with Crippen molar-refractivity contribution in [1.29, 1.82) is 0 Å². The van der Waals surface area contributed by atoms with E-state index in [9.17, 15) is 9.90 Å². The molecule has 1 atom stereocenters. The van der Waals surface area contributed by atoms with Crippen molar-refractivity contribution in [3.05, 3.63) is 51.7 Å². The minimum atomic E-state index is -0.597. The topological polar surface area (TPSA) is 58.6 Å². The first-order chi connectivity index (χ1) is 12.5. The highest BCUT2D eigenvalue weighted by molar-refractivity contribution is 7.12. The maximum atomic E-state index is 12.6. The quantitative estimate of drug-likeness (QED) is 0.586. The zero-order valence-electron chi connectivity index (χ0n) is 15.8. The highest BCUT2D eigenvalue weighted by atomic mass is 32.1. The minimum absolute atomic E-state index is 0.0920. The Balaban J connectivity index is 1.87. The standard InChI is InChI=1S/C21H29NO3S/c1-15(2)11-22-12-18(23)13-25-20-16(3)14-26-21(20)19(24)10-9-17-7-5-4-6-8-17/h4-8,14-15,18,22-23H,9-13H2,1-3H3/t18-/m1/s1. The smallest absolute Gasteiger partial charge is 0.176 e. The van der Waals surface area contributed by atoms with Crippen LogP contribution in [-0.4, -0.2) is 36.7 Å². The summed E-state index contributed by atoms with van der Waals surface area (Å²) in [4.78, 5) is 13.3. The summed E-state index contributed by atoms with van der Waals surface area (Å²) >= 11 is 1.42. The van der Waals surface area contributed by atoms with Gasteiger partial charge in [0.15, 0.2) is 5.78 Å². The van der Waals surface area contributed by atoms with Gasteiger partial charge in [-0.2, -0.15) is 0 Å². The Hall–Kier alpha value is -1.69. The van der Waals surface area contributed by atoms with Crippen molar-refractivity contribution in [3.63, 3.8) is 0 Å². The molecule has 26 heavy (non-hydrogen) atoms. The molecule has 2 aromatic rings. The van der Waals surface area contributed by atoms with Gasteiger partial charge in [-0.1, -0.05) is 44.2 Å². The van der Waals surface area contributed by atoms with E-state index >= 15 is 0 Å². The van der Waals surface area contributed by atoms with Crippen molar-refractivity contribution in [2.75, 3.05) is 19.7 Å². The van der Waals surface area contributed by atoms with E-state index in [-0.39, 0.29) is 12.4 Å². The van der Waals surface area contributed by atoms with Crippen LogP contribution in [-0.2, 0) is 6.42 Å². The van der Waals surface area contributed by atoms with E-state index in [0.29, 0.717) is 29.5 Å². The Labute approximate surface area is 160 Å². The number of carbonyl (C=O) groups excluding carboxylic acids is 1. The minimum Gasteiger partial charge on any atom is -0.489 e. The molecule has 1 heterocycles. The van der Waals surface area contributed by atoms with E-state index in [1.807, 2.05) is 42.6 Å². The van der Waals surface area contributed by atoms with Crippen LogP contribution in [0.25, 0.3) is 0 Å². The Morgan fingerprint density at radius 2 is 1.96 bits per heavy atom. The van der Waals surface area contributed by atoms with Gasteiger partial charge in [-0.15, -0.1) is 11.3 Å². The van der Waals surface area contributed by atoms with E-state index in [1.165, 1.54) is 11.3 Å². The second-order valence-electron chi connectivity index (χ2n) is 7.00. The van der Waals surface area contributed by atoms with Crippen molar-refractivity contribution in [3.8, 4) is 5.75 Å². The first-order valence-electron chi connectivity index (χ1n) is 9.14. The predicted octanol–water partition coefficient (Wildman–Crippen LogP) is 3.86. The van der Waals surface area contributed by atoms with Gasteiger partial charge in [0.2, 0.25) is 0 Å². The van der Waals surface area contributed by atoms with Gasteiger partial charge in [0, 0.05) is 18.5 Å². The molecule has 0 spiro atoms. The fourth-order valence-electron chi connectivity index (χ4n) is 2.60. The van der Waals surface area contributed by atoms with Gasteiger partial charge in [0.05, 0.1) is 0 Å². The van der Waals surface area contributed by atoms with E-state index in [2.05, 4.69) is 19.2 Å². The molecule has 0 aliphatic heterocycles. The summed E-state index contributed by atoms with van der Waals surface area (Å²) in [5.41, 5.74) is 2.10. The van der Waals surface area contributed by atoms with E-state index < -0.39 is 6.10 Å². The number of hydrogen-bond acceptors (Lipinski definition) is 5. The lowest BCUT2D eigenvalue weighted by Gasteiger charge is -2.15. The maximum absolute atomic E-state index is 12.6. The molecular weight excluding hydrogens is 346 g/mol. The number of hydrogen-bond donors (Lipinski definition) is 2. The number of thiophene rings is 1. The fraction of sp³-hybridized carbons (Fsp3) is 0.476. The fourth-order valence-corrected chi connectivity index (χ4v) is 3.56. The van der Waals surface area contributed by atoms with Gasteiger partial charge in [-0.3, -0.25) is 4.79 Å². The van der Waals surface area contributed by atoms with Crippen LogP contribution < -0.4 is 10.1 Å². The lowest BCUT2D eigenvalue weighted by Crippen LogP contribution is -2.33. The Kier molecular flexibility index (Phi) is 8.29. The highest BCUT2D eigenvalue weighted by Crippen LogP contribution is 2.31. The predicted molar refractivity (Wildman–Crippen MR) is 107 cm³/mol. The average Bonchev–Trinajstić information content (AvgIpc) is 2.99. The Bertz CT molecular complexity index is 682. The third kappa shape index (κ3) is 6.56. The number of aryl methyl sites for hydroxylation is 2. The van der Waals surface area contributed by atoms with Crippen LogP contribution in [0.4, 0.5) is 0 Å². The van der Waals surface area contributed by atoms with Gasteiger partial charge < -0.3 is 15.2 Å². The number of benzene rings is 1. The first-order valence-corrected chi connectivity index (χ1v) is 10.0. The molecule has 2 rings (SSSR count). The van der Waals surface area contributed by atoms with E-state index in [0.717, 1.165) is 24.1 Å². The summed E-state index contributed by atoms with van der Waals surface area (Å²) < 4.78 is 5.80. The zero-order chi connectivity index (χ0) is 18.9. The molecule has 1 aromatic heterocycles. The number of aliphatic hydroxyl groups is 1. The zero-order valence-corrected chi connectivity index (χ0v) is 16.6. The van der Waals surface area contributed by atoms with E-state index in [4.69, 9.17) is 4.74 Å². The molecule has 0 unspecified atom stereocenters. The number of nitrogens with one attached hydrogen (secondary N) is 1. The monoisotopic (exact) mass is 375 g/mol. The highest BCUT2D eigenvalue weighted by Gasteiger charge is 2.18. The summed E-state index contributed by atoms with van der Waals surface area (Å²) in [6.07, 6.45) is 0.580. The lowest BCUT2D eigenvalue weighted by molar-refractivity contribution is 0.0954. The molecule has 2 N–H and O–H groups in total. The van der Waals surface area contributed by atoms with Crippen molar-refractivity contribution >= 4 is 17.1 Å². The summed E-state index contributed by atoms with van der Waals surface area (Å²) in [7, 11) is 0. The number of carbonyl (C=O) groups is 1. The Morgan fingerprint density at radius 1 is 1.23 bits per heavy atom. The molecule has 0 aliphatic rings. The summed E-state index contributed by atoms with van der Waals surface area (Å²) in [6.45, 7) is 7.71. The SMILES string of the molecule is Cc1csc(C(=O)CCc2ccccc2)c1OC[C@H](O)CNCC(C)C. The lowest BCUT2D eigenvalue weighted by atomic mass is 10.1. The van der Waals surface area contributed by atoms with Gasteiger partial charge >= 0.3 is 0 Å². The maximum Gasteiger partial charge on any atom is 0.176 e. The molecule has 0 aliphatic carbocycles. The summed E-state index contributed by atoms with van der Waals surface area (Å²) in [6, 6.07) is 10.0. The Morgan fingerprint density at radius 3 is 2.65 bits per heavy atom. The molecule has 1 aromatic carbocycles. The third-order valence-electron chi connectivity index (χ3n) is 4.01. The van der Waals surface area contributed by atoms with Crippen LogP contribution in [0, 0.1) is 12.8 Å². The van der Waals surface area contributed by atoms with E-state index in [1.54, 1.807) is 0 Å². The first kappa shape index (κ1) is 20.6. The number of aliphatic hydroxyl groups excluding tert-OH is 1. The molecule has 0 amide bonds. The van der Waals surface area contributed by atoms with Gasteiger partial charge in [0.1, 0.15) is 23.3 Å². The van der Waals surface area contributed by atoms with Gasteiger partial charge in [-0.05, 0) is 36.8 Å². The summed E-state index contributed by atoms with van der Waals surface area (Å²) in [5.74, 6) is 1.25. The second-order valence-corrected chi connectivity index (χ2v) is 7.88. The van der Waals surface area contributed by atoms with Crippen LogP contribution in [0.1, 0.15) is 41.1 Å². The molecule has 0 saturated heterocycles. The third-order valence-corrected chi connectivity index (χ3v) is 5.13. The number of ketones is 1. The van der Waals surface area contributed by atoms with Crippen molar-refractivity contribution in [2.24, 2.45) is 5.92 Å². The molecule has 0 saturated carbocycles. The normalized spacial score (nSPS) is 12.3. The second kappa shape index (κ2) is 10.5. The molecular formula is C21H29NO3S. The number of ether oxygens (including phenoxy) is 1. The van der Waals surface area contributed by atoms with Crippen LogP contribution in [0.3, 0.4) is 0 Å². The largest absolute Gasteiger partial charge is 0.489 e. The molecule has 5 heteroatoms. The van der Waals surface area contributed by atoms with Crippen molar-refractivity contribution < 1.29 is 14.6 Å². The van der Waals surface area contributed by atoms with Crippen LogP contribution in [0.2, 0.25) is 0 Å². The molecule has 0 bridgehead atoms. The van der Waals surface area contributed by atoms with Crippen molar-refractivity contribution in [1.82, 2.24) is 5.32 Å². The molecule has 0 radical (unpaired) electrons. The number of rotatable bonds is 11. The molecule has 4 nitrogen and oxygen atoms in total.